The van der Waals surface area contributed by atoms with Crippen molar-refractivity contribution in [3.63, 3.8) is 0 Å². The molecule has 0 radical (unpaired) electrons. The van der Waals surface area contributed by atoms with E-state index in [1.165, 1.54) is 12.4 Å². The van der Waals surface area contributed by atoms with Gasteiger partial charge in [-0.05, 0) is 0 Å². The van der Waals surface area contributed by atoms with Gasteiger partial charge in [-0.1, -0.05) is 0 Å². The summed E-state index contributed by atoms with van der Waals surface area (Å²) < 4.78 is 0. The number of hydrogen-bond acceptors (Lipinski definition) is 0. The molecule has 6 heavy (non-hydrogen) atoms. The van der Waals surface area contributed by atoms with Crippen molar-refractivity contribution >= 4 is 5.93 Å². The summed E-state index contributed by atoms with van der Waals surface area (Å²) in [7, 11) is 0. The first kappa shape index (κ1) is 7.30. The van der Waals surface area contributed by atoms with Gasteiger partial charge in [0.1, 0.15) is 0 Å². The monoisotopic (exact) mass is 134 g/mol. The first-order valence-electron chi connectivity index (χ1n) is 2.27. The molecule has 0 amide bonds. The Hall–Kier alpha value is 1.30. The zero-order valence-corrected chi connectivity index (χ0v) is 7.16. The van der Waals surface area contributed by atoms with E-state index in [9.17, 15) is 0 Å². The topological polar surface area (TPSA) is 0 Å². The van der Waals surface area contributed by atoms with E-state index in [2.05, 4.69) is 13.8 Å². The van der Waals surface area contributed by atoms with Gasteiger partial charge in [-0.3, -0.25) is 0 Å². The van der Waals surface area contributed by atoms with Crippen molar-refractivity contribution < 1.29 is 23.8 Å². The van der Waals surface area contributed by atoms with Crippen LogP contribution in [0, 0.1) is 0 Å². The molecule has 0 aliphatic rings. The molecule has 0 aliphatic carbocycles. The Kier molecular flexibility index (Phi) is 5.43. The van der Waals surface area contributed by atoms with E-state index in [0.717, 1.165) is 5.66 Å². The molecule has 0 aromatic heterocycles. The van der Waals surface area contributed by atoms with Crippen molar-refractivity contribution in [3.8, 4) is 0 Å². The van der Waals surface area contributed by atoms with E-state index in [1.54, 1.807) is 0 Å². The zero-order valence-electron chi connectivity index (χ0n) is 4.36. The molecular formula is C4H10PSc. The van der Waals surface area contributed by atoms with E-state index in [0.29, 0.717) is 0 Å². The molecule has 0 saturated heterocycles. The standard InChI is InChI=1S/C4H10P.Sc/c1-3-4(2)5;/h4-5H,3H2,1-2H3;/q-1;+1. The van der Waals surface area contributed by atoms with Crippen molar-refractivity contribution in [1.29, 1.82) is 0 Å². The van der Waals surface area contributed by atoms with E-state index in [4.69, 9.17) is 0 Å². The third-order valence-corrected chi connectivity index (χ3v) is 4.54. The van der Waals surface area contributed by atoms with Crippen LogP contribution in [0.2, 0.25) is 0 Å². The van der Waals surface area contributed by atoms with Crippen molar-refractivity contribution in [1.82, 2.24) is 0 Å². The van der Waals surface area contributed by atoms with Crippen LogP contribution in [-0.2, 0) is 23.8 Å². The first-order valence-corrected chi connectivity index (χ1v) is 6.13. The molecule has 2 unspecified atom stereocenters. The first-order chi connectivity index (χ1) is 2.81. The third-order valence-electron chi connectivity index (χ3n) is 0.897. The minimum absolute atomic E-state index is 0.991. The molecule has 0 aromatic carbocycles. The minimum atomic E-state index is 0.991. The van der Waals surface area contributed by atoms with Crippen molar-refractivity contribution in [2.45, 2.75) is 25.9 Å². The summed E-state index contributed by atoms with van der Waals surface area (Å²) in [5.74, 6) is 1.19. The average molecular weight is 134 g/mol. The number of rotatable bonds is 2. The van der Waals surface area contributed by atoms with Crippen LogP contribution in [0.1, 0.15) is 20.3 Å². The normalized spacial score (nSPS) is 16.2. The number of hydrogen-bond donors (Lipinski definition) is 0. The second-order valence-corrected chi connectivity index (χ2v) is 4.36. The Morgan fingerprint density at radius 2 is 2.33 bits per heavy atom. The summed E-state index contributed by atoms with van der Waals surface area (Å²) in [6, 6.07) is 0. The van der Waals surface area contributed by atoms with Crippen LogP contribution in [0.3, 0.4) is 0 Å². The molecule has 0 fully saturated rings. The molecule has 34 valence electrons. The second-order valence-electron chi connectivity index (χ2n) is 1.48. The van der Waals surface area contributed by atoms with Gasteiger partial charge in [0.2, 0.25) is 0 Å². The average Bonchev–Trinajstić information content (AvgIpc) is 1.65. The fourth-order valence-electron chi connectivity index (χ4n) is 0.118. The van der Waals surface area contributed by atoms with Gasteiger partial charge in [0.15, 0.2) is 0 Å². The van der Waals surface area contributed by atoms with Crippen LogP contribution < -0.4 is 0 Å². The Morgan fingerprint density at radius 3 is 2.33 bits per heavy atom. The Bertz CT molecular complexity index is 26.7. The Morgan fingerprint density at radius 1 is 1.83 bits per heavy atom. The molecule has 0 nitrogen and oxygen atoms in total. The fourth-order valence-corrected chi connectivity index (χ4v) is 1.46. The second kappa shape index (κ2) is 4.46. The molecule has 0 rings (SSSR count). The predicted molar refractivity (Wildman–Crippen MR) is 28.1 cm³/mol. The molecular weight excluding hydrogens is 124 g/mol. The van der Waals surface area contributed by atoms with Gasteiger partial charge in [0, 0.05) is 0 Å². The van der Waals surface area contributed by atoms with Crippen LogP contribution >= 0.6 is 5.93 Å². The fraction of sp³-hybridized carbons (Fsp3) is 1.00. The summed E-state index contributed by atoms with van der Waals surface area (Å²) in [4.78, 5) is 0. The molecule has 2 atom stereocenters. The summed E-state index contributed by atoms with van der Waals surface area (Å²) in [5, 5.41) is 0. The van der Waals surface area contributed by atoms with Crippen LogP contribution in [-0.4, -0.2) is 5.66 Å². The maximum absolute atomic E-state index is 2.31. The molecule has 0 N–H and O–H groups in total. The van der Waals surface area contributed by atoms with Gasteiger partial charge in [0.05, 0.1) is 0 Å². The molecule has 0 bridgehead atoms. The van der Waals surface area contributed by atoms with Gasteiger partial charge in [0.25, 0.3) is 0 Å². The van der Waals surface area contributed by atoms with Gasteiger partial charge < -0.3 is 0 Å². The van der Waals surface area contributed by atoms with Crippen LogP contribution in [0.15, 0.2) is 0 Å². The van der Waals surface area contributed by atoms with Crippen LogP contribution in [0.25, 0.3) is 0 Å². The molecule has 0 saturated carbocycles. The maximum atomic E-state index is 2.31. The molecule has 0 aromatic rings. The van der Waals surface area contributed by atoms with Crippen molar-refractivity contribution in [2.24, 2.45) is 0 Å². The van der Waals surface area contributed by atoms with Gasteiger partial charge >= 0.3 is 55.7 Å². The molecule has 0 spiro atoms. The van der Waals surface area contributed by atoms with Gasteiger partial charge in [-0.2, -0.15) is 0 Å². The molecule has 0 heterocycles. The van der Waals surface area contributed by atoms with Gasteiger partial charge in [-0.15, -0.1) is 0 Å². The van der Waals surface area contributed by atoms with E-state index in [-0.39, 0.29) is 0 Å². The summed E-state index contributed by atoms with van der Waals surface area (Å²) >= 11 is 1.88. The van der Waals surface area contributed by atoms with Crippen LogP contribution in [0.5, 0.6) is 0 Å². The van der Waals surface area contributed by atoms with E-state index in [1.807, 2.05) is 23.8 Å². The SMILES string of the molecule is CCC(C)[PH][Sc]. The Labute approximate surface area is 55.7 Å². The summed E-state index contributed by atoms with van der Waals surface area (Å²) in [6.07, 6.45) is 1.36. The van der Waals surface area contributed by atoms with E-state index < -0.39 is 0 Å². The van der Waals surface area contributed by atoms with Gasteiger partial charge in [-0.25, -0.2) is 0 Å². The third kappa shape index (κ3) is 3.49. The molecule has 0 aliphatic heterocycles. The molecule has 2 heteroatoms. The Balaban J connectivity index is 2.75. The quantitative estimate of drug-likeness (QED) is 0.506. The van der Waals surface area contributed by atoms with Crippen LogP contribution in [0.4, 0.5) is 0 Å². The summed E-state index contributed by atoms with van der Waals surface area (Å²) in [5.41, 5.74) is 0.991. The van der Waals surface area contributed by atoms with Crippen molar-refractivity contribution in [2.75, 3.05) is 0 Å². The zero-order chi connectivity index (χ0) is 4.99. The predicted octanol–water partition coefficient (Wildman–Crippen LogP) is 1.93. The summed E-state index contributed by atoms with van der Waals surface area (Å²) in [6.45, 7) is 4.55. The van der Waals surface area contributed by atoms with Crippen molar-refractivity contribution in [3.05, 3.63) is 0 Å². The van der Waals surface area contributed by atoms with E-state index >= 15 is 0 Å².